The standard InChI is InChI=1S/C22H28FN5O4/c1-4-32-26-17-7-8-27(12-22(17,2)11-24-3)20-16(23)9-14-18(29)15(21(30)31)10-28(13-5-6-13)19(14)25-20/h9-10,13,24H,4-8,11-12H2,1-3H3,(H,30,31)/b26-17+. The van der Waals surface area contributed by atoms with Crippen LogP contribution in [0.3, 0.4) is 0 Å². The number of nitrogens with one attached hydrogen (secondary N) is 1. The minimum absolute atomic E-state index is 0.00774. The minimum Gasteiger partial charge on any atom is -0.477 e. The molecule has 4 rings (SSSR count). The molecule has 0 amide bonds. The number of piperidine rings is 1. The number of carboxylic acid groups (broad SMARTS) is 1. The first-order valence-electron chi connectivity index (χ1n) is 10.9. The quantitative estimate of drug-likeness (QED) is 0.630. The van der Waals surface area contributed by atoms with Gasteiger partial charge in [0.1, 0.15) is 17.8 Å². The largest absolute Gasteiger partial charge is 0.477 e. The summed E-state index contributed by atoms with van der Waals surface area (Å²) in [5.74, 6) is -1.81. The van der Waals surface area contributed by atoms with Gasteiger partial charge in [0.25, 0.3) is 0 Å². The topological polar surface area (TPSA) is 109 Å². The van der Waals surface area contributed by atoms with Crippen molar-refractivity contribution in [1.29, 1.82) is 0 Å². The van der Waals surface area contributed by atoms with Crippen molar-refractivity contribution < 1.29 is 19.1 Å². The fraction of sp³-hybridized carbons (Fsp3) is 0.545. The summed E-state index contributed by atoms with van der Waals surface area (Å²) in [4.78, 5) is 35.9. The first-order chi connectivity index (χ1) is 15.3. The molecule has 172 valence electrons. The lowest BCUT2D eigenvalue weighted by Gasteiger charge is -2.41. The van der Waals surface area contributed by atoms with Gasteiger partial charge in [0, 0.05) is 43.7 Å². The fourth-order valence-corrected chi connectivity index (χ4v) is 4.40. The second-order valence-corrected chi connectivity index (χ2v) is 8.70. The molecule has 1 saturated carbocycles. The van der Waals surface area contributed by atoms with Gasteiger partial charge in [-0.2, -0.15) is 0 Å². The number of aromatic carboxylic acids is 1. The average molecular weight is 445 g/mol. The van der Waals surface area contributed by atoms with E-state index in [0.717, 1.165) is 24.6 Å². The molecule has 1 aliphatic carbocycles. The summed E-state index contributed by atoms with van der Waals surface area (Å²) in [6.07, 6.45) is 3.66. The second-order valence-electron chi connectivity index (χ2n) is 8.70. The maximum Gasteiger partial charge on any atom is 0.341 e. The van der Waals surface area contributed by atoms with Crippen molar-refractivity contribution >= 4 is 28.5 Å². The summed E-state index contributed by atoms with van der Waals surface area (Å²) in [5.41, 5.74) is -0.244. The van der Waals surface area contributed by atoms with Gasteiger partial charge in [0.05, 0.1) is 11.1 Å². The number of carbonyl (C=O) groups is 1. The molecule has 2 aromatic rings. The second kappa shape index (κ2) is 8.50. The third-order valence-corrected chi connectivity index (χ3v) is 6.14. The van der Waals surface area contributed by atoms with Crippen LogP contribution < -0.4 is 15.6 Å². The number of hydrogen-bond donors (Lipinski definition) is 2. The third-order valence-electron chi connectivity index (χ3n) is 6.14. The van der Waals surface area contributed by atoms with Crippen molar-refractivity contribution in [3.05, 3.63) is 33.9 Å². The predicted octanol–water partition coefficient (Wildman–Crippen LogP) is 2.40. The first kappa shape index (κ1) is 22.2. The average Bonchev–Trinajstić information content (AvgIpc) is 3.58. The Hall–Kier alpha value is -3.01. The number of pyridine rings is 2. The number of anilines is 1. The number of carboxylic acids is 1. The lowest BCUT2D eigenvalue weighted by Crippen LogP contribution is -2.52. The first-order valence-corrected chi connectivity index (χ1v) is 10.9. The van der Waals surface area contributed by atoms with E-state index in [-0.39, 0.29) is 22.8 Å². The minimum atomic E-state index is -1.32. The van der Waals surface area contributed by atoms with Crippen molar-refractivity contribution in [2.45, 2.75) is 39.2 Å². The van der Waals surface area contributed by atoms with Crippen LogP contribution in [0.25, 0.3) is 11.0 Å². The molecule has 32 heavy (non-hydrogen) atoms. The smallest absolute Gasteiger partial charge is 0.341 e. The summed E-state index contributed by atoms with van der Waals surface area (Å²) < 4.78 is 16.9. The van der Waals surface area contributed by atoms with Crippen LogP contribution >= 0.6 is 0 Å². The highest BCUT2D eigenvalue weighted by molar-refractivity contribution is 5.93. The highest BCUT2D eigenvalue weighted by Crippen LogP contribution is 2.38. The Morgan fingerprint density at radius 3 is 2.84 bits per heavy atom. The molecular weight excluding hydrogens is 417 g/mol. The van der Waals surface area contributed by atoms with Gasteiger partial charge in [-0.3, -0.25) is 4.79 Å². The molecule has 2 fully saturated rings. The highest BCUT2D eigenvalue weighted by Gasteiger charge is 2.38. The van der Waals surface area contributed by atoms with Gasteiger partial charge in [-0.05, 0) is 32.9 Å². The number of nitrogens with zero attached hydrogens (tertiary/aromatic N) is 4. The fourth-order valence-electron chi connectivity index (χ4n) is 4.40. The van der Waals surface area contributed by atoms with Crippen molar-refractivity contribution in [1.82, 2.24) is 14.9 Å². The molecule has 1 saturated heterocycles. The van der Waals surface area contributed by atoms with E-state index < -0.39 is 22.6 Å². The SMILES string of the molecule is CCO/N=C1\CCN(c2nc3c(cc2F)c(=O)c(C(=O)O)cn3C2CC2)CC1(C)CNC. The monoisotopic (exact) mass is 445 g/mol. The molecular formula is C22H28FN5O4. The number of oxime groups is 1. The third kappa shape index (κ3) is 3.94. The zero-order valence-electron chi connectivity index (χ0n) is 18.5. The number of rotatable bonds is 7. The number of fused-ring (bicyclic) bond motifs is 1. The summed E-state index contributed by atoms with van der Waals surface area (Å²) in [5, 5.41) is 16.9. The van der Waals surface area contributed by atoms with Crippen LogP contribution in [-0.4, -0.2) is 59.6 Å². The summed E-state index contributed by atoms with van der Waals surface area (Å²) >= 11 is 0. The molecule has 2 N–H and O–H groups in total. The maximum absolute atomic E-state index is 15.2. The number of aromatic nitrogens is 2. The molecule has 0 radical (unpaired) electrons. The Bertz CT molecular complexity index is 1140. The predicted molar refractivity (Wildman–Crippen MR) is 119 cm³/mol. The number of halogens is 1. The van der Waals surface area contributed by atoms with Crippen molar-refractivity contribution in [2.75, 3.05) is 38.2 Å². The molecule has 1 atom stereocenters. The van der Waals surface area contributed by atoms with Gasteiger partial charge in [0.15, 0.2) is 11.6 Å². The van der Waals surface area contributed by atoms with E-state index in [1.165, 1.54) is 6.20 Å². The maximum atomic E-state index is 15.2. The van der Waals surface area contributed by atoms with Crippen LogP contribution in [0.5, 0.6) is 0 Å². The Kier molecular flexibility index (Phi) is 5.89. The zero-order valence-corrected chi connectivity index (χ0v) is 18.5. The van der Waals surface area contributed by atoms with Crippen LogP contribution in [0.2, 0.25) is 0 Å². The van der Waals surface area contributed by atoms with E-state index in [1.54, 1.807) is 4.57 Å². The lowest BCUT2D eigenvalue weighted by molar-refractivity contribution is 0.0695. The van der Waals surface area contributed by atoms with Crippen molar-refractivity contribution in [3.63, 3.8) is 0 Å². The lowest BCUT2D eigenvalue weighted by atomic mass is 9.79. The highest BCUT2D eigenvalue weighted by atomic mass is 19.1. The molecule has 3 heterocycles. The molecule has 0 bridgehead atoms. The molecule has 10 heteroatoms. The van der Waals surface area contributed by atoms with E-state index in [0.29, 0.717) is 38.3 Å². The van der Waals surface area contributed by atoms with Crippen LogP contribution in [-0.2, 0) is 4.84 Å². The number of hydrogen-bond acceptors (Lipinski definition) is 7. The summed E-state index contributed by atoms with van der Waals surface area (Å²) in [6, 6.07) is 1.20. The van der Waals surface area contributed by atoms with Gasteiger partial charge in [-0.25, -0.2) is 14.2 Å². The van der Waals surface area contributed by atoms with Gasteiger partial charge in [-0.15, -0.1) is 0 Å². The van der Waals surface area contributed by atoms with Crippen LogP contribution in [0.1, 0.15) is 49.5 Å². The molecule has 2 aromatic heterocycles. The van der Waals surface area contributed by atoms with Crippen molar-refractivity contribution in [3.8, 4) is 0 Å². The van der Waals surface area contributed by atoms with Crippen LogP contribution in [0, 0.1) is 11.2 Å². The van der Waals surface area contributed by atoms with E-state index in [2.05, 4.69) is 15.5 Å². The summed E-state index contributed by atoms with van der Waals surface area (Å²) in [7, 11) is 1.85. The zero-order chi connectivity index (χ0) is 23.0. The molecule has 1 unspecified atom stereocenters. The Morgan fingerprint density at radius 1 is 1.47 bits per heavy atom. The van der Waals surface area contributed by atoms with Gasteiger partial charge in [-0.1, -0.05) is 12.1 Å². The van der Waals surface area contributed by atoms with Crippen LogP contribution in [0.4, 0.5) is 10.2 Å². The normalized spacial score (nSPS) is 22.5. The molecule has 9 nitrogen and oxygen atoms in total. The Labute approximate surface area is 184 Å². The van der Waals surface area contributed by atoms with E-state index in [9.17, 15) is 14.7 Å². The molecule has 0 aromatic carbocycles. The van der Waals surface area contributed by atoms with E-state index in [1.807, 2.05) is 25.8 Å². The van der Waals surface area contributed by atoms with Gasteiger partial charge >= 0.3 is 5.97 Å². The van der Waals surface area contributed by atoms with E-state index in [4.69, 9.17) is 4.84 Å². The molecule has 2 aliphatic rings. The van der Waals surface area contributed by atoms with Gasteiger partial charge in [0.2, 0.25) is 5.43 Å². The van der Waals surface area contributed by atoms with Crippen LogP contribution in [0.15, 0.2) is 22.2 Å². The molecule has 0 spiro atoms. The van der Waals surface area contributed by atoms with Crippen molar-refractivity contribution in [2.24, 2.45) is 10.6 Å². The van der Waals surface area contributed by atoms with Gasteiger partial charge < -0.3 is 24.7 Å². The van der Waals surface area contributed by atoms with E-state index >= 15 is 4.39 Å². The molecule has 1 aliphatic heterocycles. The Balaban J connectivity index is 1.79. The summed E-state index contributed by atoms with van der Waals surface area (Å²) in [6.45, 7) is 5.99. The Morgan fingerprint density at radius 2 is 2.22 bits per heavy atom.